The molecule has 31 heavy (non-hydrogen) atoms. The fourth-order valence-electron chi connectivity index (χ4n) is 3.99. The predicted molar refractivity (Wildman–Crippen MR) is 112 cm³/mol. The van der Waals surface area contributed by atoms with Crippen molar-refractivity contribution in [2.45, 2.75) is 43.7 Å². The molecule has 0 saturated carbocycles. The summed E-state index contributed by atoms with van der Waals surface area (Å²) < 4.78 is 56.8. The molecule has 1 aromatic carbocycles. The maximum Gasteiger partial charge on any atom is 0.258 e. The van der Waals surface area contributed by atoms with Gasteiger partial charge in [0.1, 0.15) is 29.2 Å². The summed E-state index contributed by atoms with van der Waals surface area (Å²) in [7, 11) is 0. The lowest BCUT2D eigenvalue weighted by Crippen LogP contribution is -2.30. The van der Waals surface area contributed by atoms with Crippen LogP contribution in [-0.2, 0) is 6.54 Å². The van der Waals surface area contributed by atoms with Crippen LogP contribution in [0.25, 0.3) is 0 Å². The Morgan fingerprint density at radius 1 is 1.19 bits per heavy atom. The minimum atomic E-state index is -2.63. The highest BCUT2D eigenvalue weighted by molar-refractivity contribution is 8.03. The van der Waals surface area contributed by atoms with Gasteiger partial charge in [-0.2, -0.15) is 5.10 Å². The first kappa shape index (κ1) is 21.8. The van der Waals surface area contributed by atoms with Crippen LogP contribution in [-0.4, -0.2) is 40.5 Å². The van der Waals surface area contributed by atoms with Crippen LogP contribution in [0.3, 0.4) is 0 Å². The van der Waals surface area contributed by atoms with Crippen molar-refractivity contribution in [1.82, 2.24) is 9.78 Å². The average Bonchev–Trinajstić information content (AvgIpc) is 3.20. The number of nitrogens with two attached hydrogens (primary N) is 1. The van der Waals surface area contributed by atoms with Crippen molar-refractivity contribution in [3.05, 3.63) is 52.8 Å². The van der Waals surface area contributed by atoms with E-state index in [1.165, 1.54) is 29.1 Å². The van der Waals surface area contributed by atoms with Crippen molar-refractivity contribution in [1.29, 1.82) is 0 Å². The van der Waals surface area contributed by atoms with Crippen molar-refractivity contribution in [2.24, 2.45) is 5.73 Å². The molecule has 6 nitrogen and oxygen atoms in total. The quantitative estimate of drug-likeness (QED) is 0.666. The van der Waals surface area contributed by atoms with Crippen molar-refractivity contribution in [3.63, 3.8) is 0 Å². The van der Waals surface area contributed by atoms with Gasteiger partial charge in [-0.25, -0.2) is 22.2 Å². The number of anilines is 2. The van der Waals surface area contributed by atoms with Gasteiger partial charge in [0.05, 0.1) is 22.9 Å². The number of hydrogen-bond acceptors (Lipinski definition) is 6. The summed E-state index contributed by atoms with van der Waals surface area (Å²) in [6, 6.07) is 3.62. The highest BCUT2D eigenvalue weighted by Crippen LogP contribution is 2.48. The molecule has 1 saturated heterocycles. The molecular weight excluding hydrogens is 434 g/mol. The Kier molecular flexibility index (Phi) is 6.33. The minimum absolute atomic E-state index is 0.164. The van der Waals surface area contributed by atoms with Gasteiger partial charge >= 0.3 is 0 Å². The molecule has 0 radical (unpaired) electrons. The number of nitrogens with zero attached hydrogens (tertiary/aromatic N) is 4. The summed E-state index contributed by atoms with van der Waals surface area (Å²) in [4.78, 5) is 3.47. The van der Waals surface area contributed by atoms with Gasteiger partial charge in [-0.1, -0.05) is 17.8 Å². The Labute approximate surface area is 181 Å². The van der Waals surface area contributed by atoms with E-state index < -0.39 is 36.1 Å². The molecule has 0 bridgehead atoms. The van der Waals surface area contributed by atoms with E-state index in [0.717, 1.165) is 11.8 Å². The van der Waals surface area contributed by atoms with Crippen LogP contribution in [0, 0.1) is 11.6 Å². The van der Waals surface area contributed by atoms with Crippen molar-refractivity contribution >= 4 is 23.3 Å². The molecular formula is C20H23F4N5OS. The molecule has 2 aliphatic heterocycles. The van der Waals surface area contributed by atoms with Crippen LogP contribution < -0.4 is 15.5 Å². The van der Waals surface area contributed by atoms with E-state index in [9.17, 15) is 22.7 Å². The van der Waals surface area contributed by atoms with Gasteiger partial charge in [0, 0.05) is 19.3 Å². The third-order valence-corrected chi connectivity index (χ3v) is 6.46. The number of rotatable bonds is 5. The summed E-state index contributed by atoms with van der Waals surface area (Å²) in [5.41, 5.74) is 6.26. The van der Waals surface area contributed by atoms with Crippen molar-refractivity contribution in [2.75, 3.05) is 22.9 Å². The summed E-state index contributed by atoms with van der Waals surface area (Å²) in [5, 5.41) is 13.6. The molecule has 3 N–H and O–H groups in total. The third-order valence-electron chi connectivity index (χ3n) is 5.39. The Morgan fingerprint density at radius 3 is 2.65 bits per heavy atom. The molecule has 3 heterocycles. The minimum Gasteiger partial charge on any atom is -0.393 e. The van der Waals surface area contributed by atoms with Gasteiger partial charge < -0.3 is 20.6 Å². The van der Waals surface area contributed by atoms with E-state index in [4.69, 9.17) is 5.73 Å². The Morgan fingerprint density at radius 2 is 1.94 bits per heavy atom. The second kappa shape index (κ2) is 8.99. The SMILES string of the molecule is NC1=CN(c2cnn(CC(F)F)c2N2CCCC(O)CC2)C(c2c(F)cccc2F)S1. The first-order valence-corrected chi connectivity index (χ1v) is 10.9. The van der Waals surface area contributed by atoms with E-state index >= 15 is 0 Å². The molecule has 1 fully saturated rings. The third kappa shape index (κ3) is 4.47. The van der Waals surface area contributed by atoms with Crippen molar-refractivity contribution in [3.8, 4) is 0 Å². The number of halogens is 4. The summed E-state index contributed by atoms with van der Waals surface area (Å²) in [6.45, 7) is 0.368. The first-order valence-electron chi connectivity index (χ1n) is 9.98. The lowest BCUT2D eigenvalue weighted by molar-refractivity contribution is 0.122. The largest absolute Gasteiger partial charge is 0.393 e. The monoisotopic (exact) mass is 457 g/mol. The average molecular weight is 457 g/mol. The topological polar surface area (TPSA) is 70.5 Å². The van der Waals surface area contributed by atoms with Gasteiger partial charge in [0.2, 0.25) is 0 Å². The van der Waals surface area contributed by atoms with Gasteiger partial charge in [-0.05, 0) is 31.4 Å². The van der Waals surface area contributed by atoms with Gasteiger partial charge in [0.25, 0.3) is 6.43 Å². The second-order valence-electron chi connectivity index (χ2n) is 7.54. The Balaban J connectivity index is 1.78. The van der Waals surface area contributed by atoms with Crippen LogP contribution in [0.1, 0.15) is 30.2 Å². The highest BCUT2D eigenvalue weighted by Gasteiger charge is 2.35. The molecule has 0 amide bonds. The van der Waals surface area contributed by atoms with E-state index in [1.807, 2.05) is 4.90 Å². The molecule has 2 aliphatic rings. The number of alkyl halides is 2. The zero-order chi connectivity index (χ0) is 22.1. The predicted octanol–water partition coefficient (Wildman–Crippen LogP) is 3.79. The summed E-state index contributed by atoms with van der Waals surface area (Å²) in [6.07, 6.45) is 1.65. The van der Waals surface area contributed by atoms with E-state index in [1.54, 1.807) is 11.1 Å². The molecule has 168 valence electrons. The number of aliphatic hydroxyl groups excluding tert-OH is 1. The second-order valence-corrected chi connectivity index (χ2v) is 8.70. The number of hydrogen-bond donors (Lipinski definition) is 2. The Bertz CT molecular complexity index is 949. The highest BCUT2D eigenvalue weighted by atomic mass is 32.2. The number of benzene rings is 1. The van der Waals surface area contributed by atoms with Crippen LogP contribution >= 0.6 is 11.8 Å². The zero-order valence-electron chi connectivity index (χ0n) is 16.6. The summed E-state index contributed by atoms with van der Waals surface area (Å²) in [5.74, 6) is -1.02. The number of aromatic nitrogens is 2. The molecule has 1 aromatic heterocycles. The fourth-order valence-corrected chi connectivity index (χ4v) is 5.06. The molecule has 2 aromatic rings. The number of aliphatic hydroxyl groups is 1. The molecule has 0 aliphatic carbocycles. The molecule has 0 spiro atoms. The molecule has 4 rings (SSSR count). The molecule has 2 unspecified atom stereocenters. The molecule has 11 heteroatoms. The Hall–Kier alpha value is -2.40. The normalized spacial score (nSPS) is 22.2. The van der Waals surface area contributed by atoms with Crippen LogP contribution in [0.4, 0.5) is 29.1 Å². The maximum absolute atomic E-state index is 14.5. The van der Waals surface area contributed by atoms with Gasteiger partial charge in [-0.15, -0.1) is 0 Å². The lowest BCUT2D eigenvalue weighted by atomic mass is 10.1. The van der Waals surface area contributed by atoms with Crippen molar-refractivity contribution < 1.29 is 22.7 Å². The van der Waals surface area contributed by atoms with Crippen LogP contribution in [0.5, 0.6) is 0 Å². The van der Waals surface area contributed by atoms with E-state index in [2.05, 4.69) is 5.10 Å². The summed E-state index contributed by atoms with van der Waals surface area (Å²) >= 11 is 1.07. The van der Waals surface area contributed by atoms with Gasteiger partial charge in [-0.3, -0.25) is 0 Å². The number of thioether (sulfide) groups is 1. The zero-order valence-corrected chi connectivity index (χ0v) is 17.4. The standard InChI is InChI=1S/C20H23F4N5OS/c21-13-4-1-5-14(22)18(13)20-28(11-17(25)31-20)15-9-26-29(10-16(23)24)19(15)27-7-2-3-12(30)6-8-27/h1,4-5,9,11-12,16,20,30H,2-3,6-8,10,25H2. The maximum atomic E-state index is 14.5. The molecule has 2 atom stereocenters. The fraction of sp³-hybridized carbons (Fsp3) is 0.450. The van der Waals surface area contributed by atoms with Gasteiger partial charge in [0.15, 0.2) is 5.82 Å². The van der Waals surface area contributed by atoms with Crippen LogP contribution in [0.15, 0.2) is 35.6 Å². The first-order chi connectivity index (χ1) is 14.8. The van der Waals surface area contributed by atoms with Crippen LogP contribution in [0.2, 0.25) is 0 Å². The van der Waals surface area contributed by atoms with E-state index in [0.29, 0.717) is 48.9 Å². The smallest absolute Gasteiger partial charge is 0.258 e. The van der Waals surface area contributed by atoms with E-state index in [-0.39, 0.29) is 5.56 Å². The lowest BCUT2D eigenvalue weighted by Gasteiger charge is -2.30.